The fourth-order valence-electron chi connectivity index (χ4n) is 3.58. The summed E-state index contributed by atoms with van der Waals surface area (Å²) >= 11 is 0. The number of nitrogens with zero attached hydrogens (tertiary/aromatic N) is 3. The summed E-state index contributed by atoms with van der Waals surface area (Å²) in [5.74, 6) is 0.191. The van der Waals surface area contributed by atoms with Crippen molar-refractivity contribution >= 4 is 17.4 Å². The molecule has 29 heavy (non-hydrogen) atoms. The zero-order valence-electron chi connectivity index (χ0n) is 15.3. The number of primary amides is 1. The molecule has 5 nitrogen and oxygen atoms in total. The van der Waals surface area contributed by atoms with E-state index in [2.05, 4.69) is 9.97 Å². The highest BCUT2D eigenvalue weighted by molar-refractivity contribution is 5.96. The molecule has 0 fully saturated rings. The number of amides is 1. The van der Waals surface area contributed by atoms with Gasteiger partial charge < -0.3 is 10.6 Å². The van der Waals surface area contributed by atoms with Gasteiger partial charge in [-0.3, -0.25) is 9.78 Å². The molecule has 1 aromatic carbocycles. The predicted molar refractivity (Wildman–Crippen MR) is 102 cm³/mol. The van der Waals surface area contributed by atoms with Crippen LogP contribution in [0.25, 0.3) is 0 Å². The van der Waals surface area contributed by atoms with Crippen LogP contribution in [0.1, 0.15) is 32.7 Å². The number of anilines is 2. The maximum atomic E-state index is 12.9. The Morgan fingerprint density at radius 2 is 1.90 bits per heavy atom. The van der Waals surface area contributed by atoms with E-state index in [0.717, 1.165) is 28.9 Å². The molecule has 2 N–H and O–H groups in total. The lowest BCUT2D eigenvalue weighted by Gasteiger charge is -2.19. The lowest BCUT2D eigenvalue weighted by atomic mass is 10.0. The van der Waals surface area contributed by atoms with E-state index < -0.39 is 17.6 Å². The normalized spacial score (nSPS) is 13.4. The van der Waals surface area contributed by atoms with Crippen molar-refractivity contribution in [2.45, 2.75) is 19.0 Å². The third-order valence-corrected chi connectivity index (χ3v) is 4.91. The third-order valence-electron chi connectivity index (χ3n) is 4.91. The van der Waals surface area contributed by atoms with Gasteiger partial charge >= 0.3 is 6.18 Å². The average Bonchev–Trinajstić information content (AvgIpc) is 3.12. The second-order valence-electron chi connectivity index (χ2n) is 6.80. The Morgan fingerprint density at radius 1 is 1.10 bits per heavy atom. The van der Waals surface area contributed by atoms with Gasteiger partial charge in [0.05, 0.1) is 5.56 Å². The Labute approximate surface area is 165 Å². The summed E-state index contributed by atoms with van der Waals surface area (Å²) in [6.07, 6.45) is -0.702. The monoisotopic (exact) mass is 398 g/mol. The Hall–Kier alpha value is -3.42. The molecule has 3 heterocycles. The number of pyridine rings is 2. The van der Waals surface area contributed by atoms with E-state index in [-0.39, 0.29) is 6.42 Å². The summed E-state index contributed by atoms with van der Waals surface area (Å²) < 4.78 is 38.8. The van der Waals surface area contributed by atoms with Crippen LogP contribution in [0.2, 0.25) is 0 Å². The first-order valence-corrected chi connectivity index (χ1v) is 8.99. The lowest BCUT2D eigenvalue weighted by molar-refractivity contribution is -0.137. The molecule has 1 aliphatic rings. The number of nitrogens with two attached hydrogens (primary N) is 1. The van der Waals surface area contributed by atoms with Crippen molar-refractivity contribution in [2.75, 3.05) is 11.4 Å². The Bertz CT molecular complexity index is 1080. The van der Waals surface area contributed by atoms with Gasteiger partial charge in [-0.05, 0) is 53.9 Å². The fraction of sp³-hybridized carbons (Fsp3) is 0.190. The van der Waals surface area contributed by atoms with Gasteiger partial charge in [0, 0.05) is 42.3 Å². The minimum atomic E-state index is -4.40. The molecule has 3 aromatic rings. The Kier molecular flexibility index (Phi) is 4.70. The summed E-state index contributed by atoms with van der Waals surface area (Å²) in [5, 5.41) is 0. The molecule has 8 heteroatoms. The molecule has 148 valence electrons. The lowest BCUT2D eigenvalue weighted by Crippen LogP contribution is -2.15. The molecular weight excluding hydrogens is 381 g/mol. The minimum absolute atomic E-state index is 0.251. The van der Waals surface area contributed by atoms with Gasteiger partial charge in [-0.1, -0.05) is 6.07 Å². The standard InChI is InChI=1S/C21H17F3N4O/c22-21(23,24)14-5-8-26-15(12-14)10-13-4-7-27-19(11-13)28-9-6-16-17(20(25)29)2-1-3-18(16)28/h1-5,7-8,11-12H,6,9-10H2,(H2,25,29). The first-order valence-electron chi connectivity index (χ1n) is 8.99. The number of rotatable bonds is 4. The minimum Gasteiger partial charge on any atom is -0.366 e. The molecule has 0 aliphatic carbocycles. The molecule has 4 rings (SSSR count). The van der Waals surface area contributed by atoms with Gasteiger partial charge in [0.15, 0.2) is 0 Å². The van der Waals surface area contributed by atoms with Crippen molar-refractivity contribution < 1.29 is 18.0 Å². The van der Waals surface area contributed by atoms with Crippen molar-refractivity contribution in [1.82, 2.24) is 9.97 Å². The molecule has 1 amide bonds. The van der Waals surface area contributed by atoms with Crippen LogP contribution in [0, 0.1) is 0 Å². The second-order valence-corrected chi connectivity index (χ2v) is 6.80. The third kappa shape index (κ3) is 3.78. The quantitative estimate of drug-likeness (QED) is 0.724. The number of carbonyl (C=O) groups is 1. The Balaban J connectivity index is 1.62. The van der Waals surface area contributed by atoms with E-state index in [1.54, 1.807) is 24.4 Å². The summed E-state index contributed by atoms with van der Waals surface area (Å²) in [6, 6.07) is 11.0. The summed E-state index contributed by atoms with van der Waals surface area (Å²) in [5.41, 5.74) is 8.11. The molecule has 0 saturated heterocycles. The molecule has 0 saturated carbocycles. The maximum Gasteiger partial charge on any atom is 0.416 e. The number of alkyl halides is 3. The maximum absolute atomic E-state index is 12.9. The summed E-state index contributed by atoms with van der Waals surface area (Å²) in [6.45, 7) is 0.637. The van der Waals surface area contributed by atoms with E-state index >= 15 is 0 Å². The molecule has 0 atom stereocenters. The van der Waals surface area contributed by atoms with Crippen molar-refractivity contribution in [3.05, 3.63) is 82.8 Å². The number of carbonyl (C=O) groups excluding carboxylic acids is 1. The summed E-state index contributed by atoms with van der Waals surface area (Å²) in [4.78, 5) is 22.1. The van der Waals surface area contributed by atoms with Gasteiger partial charge in [-0.2, -0.15) is 13.2 Å². The van der Waals surface area contributed by atoms with E-state index in [4.69, 9.17) is 5.73 Å². The highest BCUT2D eigenvalue weighted by Gasteiger charge is 2.30. The molecule has 0 spiro atoms. The van der Waals surface area contributed by atoms with E-state index in [9.17, 15) is 18.0 Å². The van der Waals surface area contributed by atoms with E-state index in [1.165, 1.54) is 6.20 Å². The molecule has 0 unspecified atom stereocenters. The number of hydrogen-bond acceptors (Lipinski definition) is 4. The summed E-state index contributed by atoms with van der Waals surface area (Å²) in [7, 11) is 0. The number of aromatic nitrogens is 2. The van der Waals surface area contributed by atoms with Crippen LogP contribution >= 0.6 is 0 Å². The SMILES string of the molecule is NC(=O)c1cccc2c1CCN2c1cc(Cc2cc(C(F)(F)F)ccn2)ccn1. The first kappa shape index (κ1) is 18.9. The molecule has 2 aromatic heterocycles. The number of hydrogen-bond donors (Lipinski definition) is 1. The van der Waals surface area contributed by atoms with Crippen molar-refractivity contribution in [3.8, 4) is 0 Å². The van der Waals surface area contributed by atoms with E-state index in [1.807, 2.05) is 17.0 Å². The zero-order valence-corrected chi connectivity index (χ0v) is 15.3. The number of benzene rings is 1. The van der Waals surface area contributed by atoms with Crippen LogP contribution in [0.5, 0.6) is 0 Å². The second kappa shape index (κ2) is 7.20. The van der Waals surface area contributed by atoms with Crippen LogP contribution in [-0.4, -0.2) is 22.4 Å². The van der Waals surface area contributed by atoms with Crippen molar-refractivity contribution in [3.63, 3.8) is 0 Å². The molecule has 0 radical (unpaired) electrons. The zero-order chi connectivity index (χ0) is 20.6. The smallest absolute Gasteiger partial charge is 0.366 e. The van der Waals surface area contributed by atoms with Crippen LogP contribution in [0.15, 0.2) is 54.9 Å². The average molecular weight is 398 g/mol. The number of fused-ring (bicyclic) bond motifs is 1. The largest absolute Gasteiger partial charge is 0.416 e. The highest BCUT2D eigenvalue weighted by Crippen LogP contribution is 2.36. The van der Waals surface area contributed by atoms with Crippen LogP contribution in [0.3, 0.4) is 0 Å². The van der Waals surface area contributed by atoms with Crippen LogP contribution < -0.4 is 10.6 Å². The molecular formula is C21H17F3N4O. The molecule has 1 aliphatic heterocycles. The molecule has 0 bridgehead atoms. The number of halogens is 3. The topological polar surface area (TPSA) is 72.1 Å². The fourth-order valence-corrected chi connectivity index (χ4v) is 3.58. The predicted octanol–water partition coefficient (Wildman–Crippen LogP) is 3.88. The highest BCUT2D eigenvalue weighted by atomic mass is 19.4. The van der Waals surface area contributed by atoms with Crippen LogP contribution in [-0.2, 0) is 19.0 Å². The van der Waals surface area contributed by atoms with Gasteiger partial charge in [0.1, 0.15) is 5.82 Å². The van der Waals surface area contributed by atoms with Gasteiger partial charge in [0.2, 0.25) is 5.91 Å². The Morgan fingerprint density at radius 3 is 2.66 bits per heavy atom. The van der Waals surface area contributed by atoms with Gasteiger partial charge in [-0.25, -0.2) is 4.98 Å². The van der Waals surface area contributed by atoms with Crippen molar-refractivity contribution in [2.24, 2.45) is 5.73 Å². The van der Waals surface area contributed by atoms with Crippen LogP contribution in [0.4, 0.5) is 24.7 Å². The van der Waals surface area contributed by atoms with Gasteiger partial charge in [-0.15, -0.1) is 0 Å². The van der Waals surface area contributed by atoms with Gasteiger partial charge in [0.25, 0.3) is 0 Å². The van der Waals surface area contributed by atoms with Crippen molar-refractivity contribution in [1.29, 1.82) is 0 Å². The van der Waals surface area contributed by atoms with E-state index in [0.29, 0.717) is 30.0 Å². The first-order chi connectivity index (χ1) is 13.8.